The molecule has 3 fully saturated rings. The highest BCUT2D eigenvalue weighted by atomic mass is 16.7. The molecule has 4 N–H and O–H groups in total. The molecular formula is C34H49BN4O11. The maximum absolute atomic E-state index is 12.6. The fourth-order valence-electron chi connectivity index (χ4n) is 5.86. The van der Waals surface area contributed by atoms with E-state index in [1.807, 2.05) is 24.8 Å². The molecule has 16 heteroatoms. The van der Waals surface area contributed by atoms with Gasteiger partial charge in [0.25, 0.3) is 5.91 Å². The van der Waals surface area contributed by atoms with E-state index in [2.05, 4.69) is 30.1 Å². The fourth-order valence-corrected chi connectivity index (χ4v) is 5.86. The maximum Gasteiger partial charge on any atom is 0.552 e. The zero-order valence-electron chi connectivity index (χ0n) is 29.3. The van der Waals surface area contributed by atoms with Crippen molar-refractivity contribution in [3.8, 4) is 6.07 Å². The summed E-state index contributed by atoms with van der Waals surface area (Å²) < 4.78 is 15.7. The van der Waals surface area contributed by atoms with Crippen molar-refractivity contribution in [2.45, 2.75) is 89.7 Å². The minimum atomic E-state index is -2.21. The molecule has 50 heavy (non-hydrogen) atoms. The van der Waals surface area contributed by atoms with Crippen molar-refractivity contribution in [1.82, 2.24) is 15.1 Å². The number of morpholine rings is 1. The summed E-state index contributed by atoms with van der Waals surface area (Å²) in [6.45, 7) is 12.8. The number of aliphatic carboxylic acids is 2. The Balaban J connectivity index is 0.000000334. The average molecular weight is 701 g/mol. The van der Waals surface area contributed by atoms with Gasteiger partial charge < -0.3 is 39.6 Å². The Morgan fingerprint density at radius 3 is 2.04 bits per heavy atom. The Kier molecular flexibility index (Phi) is 16.9. The molecule has 3 heterocycles. The third-order valence-corrected chi connectivity index (χ3v) is 8.31. The van der Waals surface area contributed by atoms with Gasteiger partial charge in [-0.1, -0.05) is 57.0 Å². The Morgan fingerprint density at radius 2 is 1.54 bits per heavy atom. The SMILES string of the molecule is CC.CC(C)(/C=C(\C#N)C(=O)N1CCCCCC1)N1CCOCC1.O=C(O)CC1(CC(=O)O)OB(C(Cc2ccccc2)NC(=O)O)OC1=O. The Bertz CT molecular complexity index is 1350. The zero-order chi connectivity index (χ0) is 37.3. The molecule has 0 radical (unpaired) electrons. The Hall–Kier alpha value is -4.46. The van der Waals surface area contributed by atoms with E-state index in [4.69, 9.17) is 29.4 Å². The molecular weight excluding hydrogens is 651 g/mol. The summed E-state index contributed by atoms with van der Waals surface area (Å²) in [7, 11) is -1.46. The van der Waals surface area contributed by atoms with E-state index < -0.39 is 55.5 Å². The van der Waals surface area contributed by atoms with Crippen LogP contribution in [0.15, 0.2) is 42.0 Å². The lowest BCUT2D eigenvalue weighted by Gasteiger charge is -2.39. The van der Waals surface area contributed by atoms with Gasteiger partial charge in [-0.25, -0.2) is 4.79 Å². The van der Waals surface area contributed by atoms with Crippen molar-refractivity contribution in [3.63, 3.8) is 0 Å². The van der Waals surface area contributed by atoms with Crippen LogP contribution in [0.25, 0.3) is 0 Å². The number of benzene rings is 1. The largest absolute Gasteiger partial charge is 0.552 e. The Labute approximate surface area is 293 Å². The van der Waals surface area contributed by atoms with Crippen molar-refractivity contribution >= 4 is 37.0 Å². The first-order chi connectivity index (χ1) is 23.8. The number of amides is 2. The van der Waals surface area contributed by atoms with E-state index in [0.717, 1.165) is 39.0 Å². The quantitative estimate of drug-likeness (QED) is 0.148. The van der Waals surface area contributed by atoms with E-state index in [1.165, 1.54) is 12.8 Å². The number of carbonyl (C=O) groups excluding carboxylic acids is 2. The molecule has 4 rings (SSSR count). The van der Waals surface area contributed by atoms with Crippen LogP contribution in [0.2, 0.25) is 0 Å². The summed E-state index contributed by atoms with van der Waals surface area (Å²) in [6.07, 6.45) is 3.11. The number of ether oxygens (including phenoxy) is 1. The smallest absolute Gasteiger partial charge is 0.506 e. The number of carboxylic acid groups (broad SMARTS) is 3. The minimum absolute atomic E-state index is 0.0846. The molecule has 1 aromatic carbocycles. The van der Waals surface area contributed by atoms with Gasteiger partial charge in [0.2, 0.25) is 0 Å². The molecule has 3 aliphatic heterocycles. The summed E-state index contributed by atoms with van der Waals surface area (Å²) in [5, 5.41) is 38.6. The number of nitrogens with zero attached hydrogens (tertiary/aromatic N) is 3. The minimum Gasteiger partial charge on any atom is -0.506 e. The third-order valence-electron chi connectivity index (χ3n) is 8.31. The highest BCUT2D eigenvalue weighted by Gasteiger charge is 2.58. The molecule has 1 atom stereocenters. The summed E-state index contributed by atoms with van der Waals surface area (Å²) in [4.78, 5) is 62.1. The molecule has 0 bridgehead atoms. The molecule has 1 aromatic rings. The predicted octanol–water partition coefficient (Wildman–Crippen LogP) is 3.13. The van der Waals surface area contributed by atoms with Crippen molar-refractivity contribution in [1.29, 1.82) is 5.26 Å². The lowest BCUT2D eigenvalue weighted by molar-refractivity contribution is -0.157. The van der Waals surface area contributed by atoms with Crippen molar-refractivity contribution in [2.75, 3.05) is 39.4 Å². The first-order valence-corrected chi connectivity index (χ1v) is 16.9. The molecule has 3 saturated heterocycles. The van der Waals surface area contributed by atoms with E-state index in [1.54, 1.807) is 30.3 Å². The highest BCUT2D eigenvalue weighted by Crippen LogP contribution is 2.32. The summed E-state index contributed by atoms with van der Waals surface area (Å²) in [6, 6.07) is 10.8. The van der Waals surface area contributed by atoms with Gasteiger partial charge in [-0.05, 0) is 44.7 Å². The van der Waals surface area contributed by atoms with Gasteiger partial charge in [0.05, 0.1) is 32.0 Å². The van der Waals surface area contributed by atoms with Gasteiger partial charge in [0.1, 0.15) is 11.6 Å². The standard InChI is InChI=1S/C17H27N3O2.C15H16BNO9.C2H6/c1-17(2,20-9-11-22-12-10-20)13-15(14-18)16(21)19-7-5-3-4-6-8-19;18-11(19)7-15(8-12(20)21)13(22)25-16(26-15)10(17-14(23)24)6-9-4-2-1-3-5-9;1-2/h13H,3-12H2,1-2H3;1-5,10,17H,6-8H2,(H,18,19)(H,20,21)(H,23,24);1-2H3/b15-13+;;. The van der Waals surface area contributed by atoms with Gasteiger partial charge in [0, 0.05) is 31.7 Å². The number of hydrogen-bond donors (Lipinski definition) is 4. The average Bonchev–Trinajstić information content (AvgIpc) is 3.22. The zero-order valence-corrected chi connectivity index (χ0v) is 29.3. The highest BCUT2D eigenvalue weighted by molar-refractivity contribution is 6.51. The number of carbonyl (C=O) groups is 5. The van der Waals surface area contributed by atoms with E-state index in [-0.39, 0.29) is 23.4 Å². The number of carboxylic acids is 2. The lowest BCUT2D eigenvalue weighted by Crippen LogP contribution is -2.49. The van der Waals surface area contributed by atoms with E-state index in [9.17, 15) is 29.2 Å². The van der Waals surface area contributed by atoms with Crippen molar-refractivity contribution < 1.29 is 53.3 Å². The molecule has 3 aliphatic rings. The van der Waals surface area contributed by atoms with Crippen LogP contribution in [-0.2, 0) is 39.6 Å². The number of rotatable bonds is 11. The molecule has 1 unspecified atom stereocenters. The lowest BCUT2D eigenvalue weighted by atomic mass is 9.75. The van der Waals surface area contributed by atoms with Crippen LogP contribution in [0.1, 0.15) is 71.8 Å². The molecule has 0 aliphatic carbocycles. The predicted molar refractivity (Wildman–Crippen MR) is 182 cm³/mol. The van der Waals surface area contributed by atoms with Crippen LogP contribution in [-0.4, -0.2) is 119 Å². The topological polar surface area (TPSA) is 216 Å². The van der Waals surface area contributed by atoms with Gasteiger partial charge in [0.15, 0.2) is 5.60 Å². The summed E-state index contributed by atoms with van der Waals surface area (Å²) >= 11 is 0. The first-order valence-electron chi connectivity index (χ1n) is 16.9. The van der Waals surface area contributed by atoms with Gasteiger partial charge >= 0.3 is 31.1 Å². The summed E-state index contributed by atoms with van der Waals surface area (Å²) in [5.74, 6) is -5.21. The van der Waals surface area contributed by atoms with Crippen LogP contribution in [0, 0.1) is 11.3 Å². The van der Waals surface area contributed by atoms with Crippen LogP contribution < -0.4 is 5.32 Å². The van der Waals surface area contributed by atoms with Crippen LogP contribution >= 0.6 is 0 Å². The van der Waals surface area contributed by atoms with Gasteiger partial charge in [-0.15, -0.1) is 0 Å². The van der Waals surface area contributed by atoms with E-state index in [0.29, 0.717) is 18.8 Å². The van der Waals surface area contributed by atoms with E-state index >= 15 is 0 Å². The summed E-state index contributed by atoms with van der Waals surface area (Å²) in [5.41, 5.74) is -1.54. The second-order valence-electron chi connectivity index (χ2n) is 12.4. The molecule has 0 aromatic heterocycles. The van der Waals surface area contributed by atoms with Crippen LogP contribution in [0.5, 0.6) is 0 Å². The maximum atomic E-state index is 12.6. The normalized spacial score (nSPS) is 18.5. The fraction of sp³-hybridized carbons (Fsp3) is 0.588. The second kappa shape index (κ2) is 20.3. The number of nitrogens with one attached hydrogen (secondary N) is 1. The van der Waals surface area contributed by atoms with Crippen LogP contribution in [0.3, 0.4) is 0 Å². The Morgan fingerprint density at radius 1 is 0.980 bits per heavy atom. The first kappa shape index (κ1) is 41.7. The number of likely N-dealkylation sites (tertiary alicyclic amines) is 1. The van der Waals surface area contributed by atoms with Gasteiger partial charge in [-0.3, -0.25) is 24.1 Å². The number of nitriles is 1. The monoisotopic (exact) mass is 700 g/mol. The molecule has 274 valence electrons. The van der Waals surface area contributed by atoms with Crippen LogP contribution in [0.4, 0.5) is 4.79 Å². The van der Waals surface area contributed by atoms with Crippen molar-refractivity contribution in [3.05, 3.63) is 47.5 Å². The van der Waals surface area contributed by atoms with Crippen molar-refractivity contribution in [2.24, 2.45) is 0 Å². The molecule has 0 spiro atoms. The third kappa shape index (κ3) is 12.8. The van der Waals surface area contributed by atoms with Gasteiger partial charge in [-0.2, -0.15) is 5.26 Å². The second-order valence-corrected chi connectivity index (χ2v) is 12.4. The molecule has 0 saturated carbocycles. The molecule has 15 nitrogen and oxygen atoms in total. The molecule has 2 amide bonds. The number of hydrogen-bond acceptors (Lipinski definition) is 10.